The van der Waals surface area contributed by atoms with Gasteiger partial charge in [-0.05, 0) is 61.8 Å². The molecule has 0 aliphatic heterocycles. The highest BCUT2D eigenvalue weighted by Crippen LogP contribution is 2.42. The third kappa shape index (κ3) is 2.88. The van der Waals surface area contributed by atoms with Crippen molar-refractivity contribution in [2.45, 2.75) is 52.4 Å². The zero-order valence-electron chi connectivity index (χ0n) is 14.0. The van der Waals surface area contributed by atoms with Crippen molar-refractivity contribution >= 4 is 5.57 Å². The Morgan fingerprint density at radius 3 is 2.41 bits per heavy atom. The normalized spacial score (nSPS) is 18.6. The minimum Gasteiger partial charge on any atom is -0.0620 e. The van der Waals surface area contributed by atoms with Crippen LogP contribution < -0.4 is 0 Å². The van der Waals surface area contributed by atoms with Crippen LogP contribution in [0, 0.1) is 6.92 Å². The van der Waals surface area contributed by atoms with E-state index in [4.69, 9.17) is 0 Å². The lowest BCUT2D eigenvalue weighted by Crippen LogP contribution is -2.09. The lowest BCUT2D eigenvalue weighted by atomic mass is 9.76. The SMILES string of the molecule is CCc1ccccc1C1=C(C)C(c2ccc(C)cc2)CCC1. The molecule has 22 heavy (non-hydrogen) atoms. The maximum Gasteiger partial charge on any atom is 0.00515 e. The van der Waals surface area contributed by atoms with Gasteiger partial charge in [-0.25, -0.2) is 0 Å². The minimum absolute atomic E-state index is 0.592. The van der Waals surface area contributed by atoms with Crippen molar-refractivity contribution in [3.63, 3.8) is 0 Å². The molecule has 2 aromatic rings. The summed E-state index contributed by atoms with van der Waals surface area (Å²) in [5, 5.41) is 0. The summed E-state index contributed by atoms with van der Waals surface area (Å²) < 4.78 is 0. The van der Waals surface area contributed by atoms with E-state index in [0.29, 0.717) is 5.92 Å². The molecule has 0 nitrogen and oxygen atoms in total. The molecule has 0 heteroatoms. The molecule has 0 amide bonds. The fraction of sp³-hybridized carbons (Fsp3) is 0.364. The van der Waals surface area contributed by atoms with Gasteiger partial charge in [0.25, 0.3) is 0 Å². The van der Waals surface area contributed by atoms with Crippen LogP contribution in [0.25, 0.3) is 5.57 Å². The summed E-state index contributed by atoms with van der Waals surface area (Å²) in [7, 11) is 0. The first-order chi connectivity index (χ1) is 10.7. The molecule has 1 aliphatic rings. The van der Waals surface area contributed by atoms with Crippen LogP contribution in [0.1, 0.15) is 61.3 Å². The molecular weight excluding hydrogens is 264 g/mol. The van der Waals surface area contributed by atoms with E-state index in [1.54, 1.807) is 11.1 Å². The number of allylic oxidation sites excluding steroid dienone is 2. The molecule has 0 heterocycles. The fourth-order valence-electron chi connectivity index (χ4n) is 3.79. The average molecular weight is 290 g/mol. The van der Waals surface area contributed by atoms with Crippen LogP contribution in [0.15, 0.2) is 54.1 Å². The second kappa shape index (κ2) is 6.52. The lowest BCUT2D eigenvalue weighted by Gasteiger charge is -2.28. The second-order valence-corrected chi connectivity index (χ2v) is 6.53. The standard InChI is InChI=1S/C22H26/c1-4-18-8-5-6-9-22(18)21-11-7-10-20(17(21)3)19-14-12-16(2)13-15-19/h5-6,8-9,12-15,20H,4,7,10-11H2,1-3H3. The third-order valence-corrected chi connectivity index (χ3v) is 5.12. The smallest absolute Gasteiger partial charge is 0.00515 e. The van der Waals surface area contributed by atoms with E-state index in [-0.39, 0.29) is 0 Å². The van der Waals surface area contributed by atoms with E-state index in [9.17, 15) is 0 Å². The molecule has 1 unspecified atom stereocenters. The molecule has 0 saturated heterocycles. The van der Waals surface area contributed by atoms with Crippen molar-refractivity contribution in [1.29, 1.82) is 0 Å². The number of hydrogen-bond acceptors (Lipinski definition) is 0. The molecule has 1 aliphatic carbocycles. The number of hydrogen-bond donors (Lipinski definition) is 0. The molecule has 3 rings (SSSR count). The highest BCUT2D eigenvalue weighted by molar-refractivity contribution is 5.73. The Balaban J connectivity index is 2.03. The number of aryl methyl sites for hydroxylation is 2. The number of rotatable bonds is 3. The highest BCUT2D eigenvalue weighted by atomic mass is 14.3. The van der Waals surface area contributed by atoms with Crippen LogP contribution in [0.2, 0.25) is 0 Å². The minimum atomic E-state index is 0.592. The first kappa shape index (κ1) is 15.1. The van der Waals surface area contributed by atoms with Crippen molar-refractivity contribution in [1.82, 2.24) is 0 Å². The van der Waals surface area contributed by atoms with Crippen LogP contribution in [0.4, 0.5) is 0 Å². The Morgan fingerprint density at radius 1 is 0.955 bits per heavy atom. The van der Waals surface area contributed by atoms with Crippen molar-refractivity contribution in [3.8, 4) is 0 Å². The number of benzene rings is 2. The lowest BCUT2D eigenvalue weighted by molar-refractivity contribution is 0.633. The van der Waals surface area contributed by atoms with Crippen molar-refractivity contribution in [2.75, 3.05) is 0 Å². The van der Waals surface area contributed by atoms with Gasteiger partial charge in [0.2, 0.25) is 0 Å². The van der Waals surface area contributed by atoms with E-state index < -0.39 is 0 Å². The summed E-state index contributed by atoms with van der Waals surface area (Å²) >= 11 is 0. The molecule has 0 spiro atoms. The first-order valence-corrected chi connectivity index (χ1v) is 8.55. The molecule has 2 aromatic carbocycles. The molecule has 0 bridgehead atoms. The van der Waals surface area contributed by atoms with Gasteiger partial charge in [0.15, 0.2) is 0 Å². The van der Waals surface area contributed by atoms with Crippen LogP contribution in [-0.2, 0) is 6.42 Å². The Bertz CT molecular complexity index is 673. The van der Waals surface area contributed by atoms with Gasteiger partial charge in [0.05, 0.1) is 0 Å². The molecule has 1 atom stereocenters. The van der Waals surface area contributed by atoms with Crippen LogP contribution in [0.3, 0.4) is 0 Å². The maximum atomic E-state index is 2.35. The summed E-state index contributed by atoms with van der Waals surface area (Å²) in [6.45, 7) is 6.77. The Labute approximate surface area is 134 Å². The van der Waals surface area contributed by atoms with Crippen molar-refractivity contribution < 1.29 is 0 Å². The van der Waals surface area contributed by atoms with Crippen molar-refractivity contribution in [2.24, 2.45) is 0 Å². The molecule has 0 aromatic heterocycles. The molecule has 0 N–H and O–H groups in total. The predicted octanol–water partition coefficient (Wildman–Crippen LogP) is 6.30. The van der Waals surface area contributed by atoms with Crippen molar-refractivity contribution in [3.05, 3.63) is 76.4 Å². The highest BCUT2D eigenvalue weighted by Gasteiger charge is 2.23. The first-order valence-electron chi connectivity index (χ1n) is 8.55. The molecule has 0 radical (unpaired) electrons. The van der Waals surface area contributed by atoms with Gasteiger partial charge in [0, 0.05) is 5.92 Å². The summed E-state index contributed by atoms with van der Waals surface area (Å²) in [4.78, 5) is 0. The van der Waals surface area contributed by atoms with Gasteiger partial charge in [-0.2, -0.15) is 0 Å². The Hall–Kier alpha value is -1.82. The topological polar surface area (TPSA) is 0 Å². The zero-order valence-corrected chi connectivity index (χ0v) is 14.0. The van der Waals surface area contributed by atoms with E-state index in [0.717, 1.165) is 6.42 Å². The monoisotopic (exact) mass is 290 g/mol. The average Bonchev–Trinajstić information content (AvgIpc) is 2.56. The van der Waals surface area contributed by atoms with E-state index in [2.05, 4.69) is 69.3 Å². The van der Waals surface area contributed by atoms with Crippen LogP contribution in [0.5, 0.6) is 0 Å². The van der Waals surface area contributed by atoms with E-state index in [1.807, 2.05) is 0 Å². The van der Waals surface area contributed by atoms with Gasteiger partial charge in [-0.1, -0.05) is 66.6 Å². The van der Waals surface area contributed by atoms with Gasteiger partial charge < -0.3 is 0 Å². The second-order valence-electron chi connectivity index (χ2n) is 6.53. The maximum absolute atomic E-state index is 2.35. The van der Waals surface area contributed by atoms with E-state index in [1.165, 1.54) is 41.5 Å². The van der Waals surface area contributed by atoms with Gasteiger partial charge in [-0.15, -0.1) is 0 Å². The summed E-state index contributed by atoms with van der Waals surface area (Å²) in [6.07, 6.45) is 4.92. The molecule has 114 valence electrons. The largest absolute Gasteiger partial charge is 0.0620 e. The molecular formula is C22H26. The summed E-state index contributed by atoms with van der Waals surface area (Å²) in [5.74, 6) is 0.592. The third-order valence-electron chi connectivity index (χ3n) is 5.12. The Morgan fingerprint density at radius 2 is 1.68 bits per heavy atom. The van der Waals surface area contributed by atoms with Gasteiger partial charge in [-0.3, -0.25) is 0 Å². The zero-order chi connectivity index (χ0) is 15.5. The van der Waals surface area contributed by atoms with Crippen LogP contribution >= 0.6 is 0 Å². The van der Waals surface area contributed by atoms with Crippen LogP contribution in [-0.4, -0.2) is 0 Å². The quantitative estimate of drug-likeness (QED) is 0.622. The Kier molecular flexibility index (Phi) is 4.47. The molecule has 0 fully saturated rings. The van der Waals surface area contributed by atoms with E-state index >= 15 is 0 Å². The fourth-order valence-corrected chi connectivity index (χ4v) is 3.79. The predicted molar refractivity (Wildman–Crippen MR) is 96.2 cm³/mol. The summed E-state index contributed by atoms with van der Waals surface area (Å²) in [5.41, 5.74) is 8.97. The molecule has 0 saturated carbocycles. The summed E-state index contributed by atoms with van der Waals surface area (Å²) in [6, 6.07) is 18.1. The van der Waals surface area contributed by atoms with Gasteiger partial charge >= 0.3 is 0 Å². The van der Waals surface area contributed by atoms with Gasteiger partial charge in [0.1, 0.15) is 0 Å².